The van der Waals surface area contributed by atoms with E-state index < -0.39 is 18.2 Å². The SMILES string of the molecule is CC(C)c1nc(-c2ccc(F)cc2)c(-c2ccc(Cl)cc2)n1C/C=C/C1CC(O)CC(=O)O1. The van der Waals surface area contributed by atoms with Crippen molar-refractivity contribution in [3.63, 3.8) is 0 Å². The monoisotopic (exact) mass is 468 g/mol. The third-order valence-electron chi connectivity index (χ3n) is 5.58. The quantitative estimate of drug-likeness (QED) is 0.369. The molecule has 172 valence electrons. The largest absolute Gasteiger partial charge is 0.458 e. The van der Waals surface area contributed by atoms with Gasteiger partial charge in [0.15, 0.2) is 0 Å². The maximum atomic E-state index is 13.6. The van der Waals surface area contributed by atoms with E-state index in [9.17, 15) is 14.3 Å². The number of esters is 1. The van der Waals surface area contributed by atoms with Gasteiger partial charge in [-0.1, -0.05) is 43.7 Å². The fourth-order valence-electron chi connectivity index (χ4n) is 4.05. The number of allylic oxidation sites excluding steroid dienone is 1. The first-order chi connectivity index (χ1) is 15.8. The highest BCUT2D eigenvalue weighted by molar-refractivity contribution is 6.30. The van der Waals surface area contributed by atoms with Crippen LogP contribution in [0, 0.1) is 5.82 Å². The maximum Gasteiger partial charge on any atom is 0.309 e. The first kappa shape index (κ1) is 23.2. The van der Waals surface area contributed by atoms with Crippen molar-refractivity contribution in [1.82, 2.24) is 9.55 Å². The van der Waals surface area contributed by atoms with E-state index in [0.29, 0.717) is 18.0 Å². The average Bonchev–Trinajstić information content (AvgIpc) is 3.14. The maximum absolute atomic E-state index is 13.6. The van der Waals surface area contributed by atoms with Gasteiger partial charge in [-0.25, -0.2) is 9.37 Å². The molecule has 4 rings (SSSR count). The van der Waals surface area contributed by atoms with Crippen LogP contribution in [0.1, 0.15) is 38.4 Å². The Bertz CT molecular complexity index is 1150. The van der Waals surface area contributed by atoms with Gasteiger partial charge in [0.1, 0.15) is 17.7 Å². The summed E-state index contributed by atoms with van der Waals surface area (Å²) in [5.74, 6) is 0.314. The lowest BCUT2D eigenvalue weighted by molar-refractivity contribution is -0.156. The molecule has 3 aromatic rings. The molecular formula is C26H26ClFN2O3. The highest BCUT2D eigenvalue weighted by Crippen LogP contribution is 2.35. The Balaban J connectivity index is 1.77. The molecule has 1 aliphatic rings. The predicted molar refractivity (Wildman–Crippen MR) is 126 cm³/mol. The third-order valence-corrected chi connectivity index (χ3v) is 5.83. The average molecular weight is 469 g/mol. The second-order valence-electron chi connectivity index (χ2n) is 8.50. The fourth-order valence-corrected chi connectivity index (χ4v) is 4.18. The minimum absolute atomic E-state index is 0.0328. The molecule has 1 fully saturated rings. The van der Waals surface area contributed by atoms with Crippen molar-refractivity contribution < 1.29 is 19.0 Å². The minimum Gasteiger partial charge on any atom is -0.458 e. The molecular weight excluding hydrogens is 443 g/mol. The van der Waals surface area contributed by atoms with Crippen LogP contribution >= 0.6 is 11.6 Å². The molecule has 1 saturated heterocycles. The lowest BCUT2D eigenvalue weighted by Gasteiger charge is -2.23. The van der Waals surface area contributed by atoms with Crippen LogP contribution in [-0.4, -0.2) is 32.8 Å². The molecule has 2 unspecified atom stereocenters. The first-order valence-corrected chi connectivity index (χ1v) is 11.4. The van der Waals surface area contributed by atoms with E-state index >= 15 is 0 Å². The normalized spacial score (nSPS) is 18.8. The second kappa shape index (κ2) is 9.89. The van der Waals surface area contributed by atoms with Gasteiger partial charge in [0.05, 0.1) is 23.9 Å². The number of aromatic nitrogens is 2. The van der Waals surface area contributed by atoms with Gasteiger partial charge in [-0.2, -0.15) is 0 Å². The van der Waals surface area contributed by atoms with Gasteiger partial charge < -0.3 is 14.4 Å². The Hall–Kier alpha value is -2.96. The summed E-state index contributed by atoms with van der Waals surface area (Å²) in [5.41, 5.74) is 3.41. The van der Waals surface area contributed by atoms with Gasteiger partial charge in [-0.3, -0.25) is 4.79 Å². The molecule has 0 spiro atoms. The van der Waals surface area contributed by atoms with Gasteiger partial charge in [0.2, 0.25) is 0 Å². The highest BCUT2D eigenvalue weighted by Gasteiger charge is 2.25. The molecule has 33 heavy (non-hydrogen) atoms. The molecule has 0 amide bonds. The van der Waals surface area contributed by atoms with Crippen molar-refractivity contribution in [2.75, 3.05) is 0 Å². The van der Waals surface area contributed by atoms with Crippen molar-refractivity contribution in [3.05, 3.63) is 77.3 Å². The molecule has 1 aromatic heterocycles. The van der Waals surface area contributed by atoms with Gasteiger partial charge in [0, 0.05) is 35.0 Å². The molecule has 0 saturated carbocycles. The lowest BCUT2D eigenvalue weighted by Crippen LogP contribution is -2.31. The summed E-state index contributed by atoms with van der Waals surface area (Å²) in [4.78, 5) is 16.6. The summed E-state index contributed by atoms with van der Waals surface area (Å²) in [6.07, 6.45) is 3.02. The number of aliphatic hydroxyl groups excluding tert-OH is 1. The van der Waals surface area contributed by atoms with E-state index in [2.05, 4.69) is 18.4 Å². The number of nitrogens with zero attached hydrogens (tertiary/aromatic N) is 2. The number of halogens is 2. The summed E-state index contributed by atoms with van der Waals surface area (Å²) in [7, 11) is 0. The number of ether oxygens (including phenoxy) is 1. The molecule has 0 radical (unpaired) electrons. The number of imidazole rings is 1. The van der Waals surface area contributed by atoms with Crippen molar-refractivity contribution in [2.24, 2.45) is 0 Å². The van der Waals surface area contributed by atoms with Crippen LogP contribution in [0.4, 0.5) is 4.39 Å². The van der Waals surface area contributed by atoms with Crippen molar-refractivity contribution in [2.45, 2.75) is 51.4 Å². The van der Waals surface area contributed by atoms with Gasteiger partial charge in [-0.15, -0.1) is 0 Å². The smallest absolute Gasteiger partial charge is 0.309 e. The molecule has 1 aliphatic heterocycles. The molecule has 2 aromatic carbocycles. The summed E-state index contributed by atoms with van der Waals surface area (Å²) >= 11 is 6.12. The number of hydrogen-bond acceptors (Lipinski definition) is 4. The summed E-state index contributed by atoms with van der Waals surface area (Å²) in [6, 6.07) is 13.8. The predicted octanol–water partition coefficient (Wildman–Crippen LogP) is 5.76. The molecule has 5 nitrogen and oxygen atoms in total. The third kappa shape index (κ3) is 5.34. The Kier molecular flexibility index (Phi) is 6.96. The fraction of sp³-hybridized carbons (Fsp3) is 0.308. The number of aliphatic hydroxyl groups is 1. The van der Waals surface area contributed by atoms with Crippen LogP contribution in [0.15, 0.2) is 60.7 Å². The van der Waals surface area contributed by atoms with Crippen molar-refractivity contribution in [3.8, 4) is 22.5 Å². The minimum atomic E-state index is -0.685. The number of carbonyl (C=O) groups excluding carboxylic acids is 1. The van der Waals surface area contributed by atoms with Gasteiger partial charge >= 0.3 is 5.97 Å². The van der Waals surface area contributed by atoms with E-state index in [0.717, 1.165) is 28.3 Å². The Morgan fingerprint density at radius 3 is 2.48 bits per heavy atom. The number of cyclic esters (lactones) is 1. The van der Waals surface area contributed by atoms with Crippen LogP contribution in [0.2, 0.25) is 5.02 Å². The van der Waals surface area contributed by atoms with Crippen LogP contribution in [-0.2, 0) is 16.1 Å². The molecule has 0 bridgehead atoms. The van der Waals surface area contributed by atoms with E-state index in [4.69, 9.17) is 21.3 Å². The van der Waals surface area contributed by atoms with E-state index in [1.54, 1.807) is 12.1 Å². The Morgan fingerprint density at radius 1 is 1.18 bits per heavy atom. The van der Waals surface area contributed by atoms with Crippen molar-refractivity contribution in [1.29, 1.82) is 0 Å². The van der Waals surface area contributed by atoms with E-state index in [1.807, 2.05) is 36.4 Å². The topological polar surface area (TPSA) is 64.3 Å². The zero-order valence-corrected chi connectivity index (χ0v) is 19.3. The first-order valence-electron chi connectivity index (χ1n) is 11.0. The van der Waals surface area contributed by atoms with Crippen LogP contribution in [0.25, 0.3) is 22.5 Å². The van der Waals surface area contributed by atoms with Crippen molar-refractivity contribution >= 4 is 17.6 Å². The standard InChI is InChI=1S/C26H26ClFN2O3/c1-16(2)26-29-24(17-7-11-20(28)12-8-17)25(18-5-9-19(27)10-6-18)30(26)13-3-4-22-14-21(31)15-23(32)33-22/h3-12,16,21-22,31H,13-15H2,1-2H3/b4-3+. The number of benzene rings is 2. The lowest BCUT2D eigenvalue weighted by atomic mass is 10.0. The second-order valence-corrected chi connectivity index (χ2v) is 8.93. The number of hydrogen-bond donors (Lipinski definition) is 1. The number of carbonyl (C=O) groups is 1. The summed E-state index contributed by atoms with van der Waals surface area (Å²) in [6.45, 7) is 4.63. The van der Waals surface area contributed by atoms with E-state index in [1.165, 1.54) is 12.1 Å². The molecule has 7 heteroatoms. The molecule has 2 heterocycles. The molecule has 1 N–H and O–H groups in total. The molecule has 2 atom stereocenters. The summed E-state index contributed by atoms with van der Waals surface area (Å²) < 4.78 is 21.0. The van der Waals surface area contributed by atoms with Gasteiger partial charge in [-0.05, 0) is 42.5 Å². The zero-order valence-electron chi connectivity index (χ0n) is 18.5. The summed E-state index contributed by atoms with van der Waals surface area (Å²) in [5, 5.41) is 10.5. The van der Waals surface area contributed by atoms with Gasteiger partial charge in [0.25, 0.3) is 0 Å². The number of rotatable bonds is 6. The van der Waals surface area contributed by atoms with Crippen LogP contribution in [0.5, 0.6) is 0 Å². The van der Waals surface area contributed by atoms with Crippen LogP contribution < -0.4 is 0 Å². The molecule has 0 aliphatic carbocycles. The Labute approximate surface area is 197 Å². The Morgan fingerprint density at radius 2 is 1.85 bits per heavy atom. The van der Waals surface area contributed by atoms with E-state index in [-0.39, 0.29) is 18.2 Å². The zero-order chi connectivity index (χ0) is 23.5. The highest BCUT2D eigenvalue weighted by atomic mass is 35.5. The van der Waals surface area contributed by atoms with Crippen LogP contribution in [0.3, 0.4) is 0 Å².